The second kappa shape index (κ2) is 7.00. The molecular weight excluding hydrogens is 306 g/mol. The molecular formula is C19H24ClN3. The Morgan fingerprint density at radius 2 is 2.09 bits per heavy atom. The van der Waals surface area contributed by atoms with Crippen LogP contribution in [0.15, 0.2) is 48.7 Å². The summed E-state index contributed by atoms with van der Waals surface area (Å²) in [6, 6.07) is 14.9. The van der Waals surface area contributed by atoms with Crippen molar-refractivity contribution in [3.8, 4) is 11.3 Å². The molecule has 2 fully saturated rings. The summed E-state index contributed by atoms with van der Waals surface area (Å²) in [5.41, 5.74) is 4.22. The number of nitrogens with one attached hydrogen (secondary N) is 1. The van der Waals surface area contributed by atoms with Crippen molar-refractivity contribution in [2.24, 2.45) is 5.41 Å². The second-order valence-corrected chi connectivity index (χ2v) is 6.80. The van der Waals surface area contributed by atoms with Crippen LogP contribution in [0.1, 0.15) is 18.4 Å². The van der Waals surface area contributed by atoms with Gasteiger partial charge in [-0.25, -0.2) is 0 Å². The van der Waals surface area contributed by atoms with Crippen LogP contribution in [0.3, 0.4) is 0 Å². The van der Waals surface area contributed by atoms with Crippen LogP contribution in [0, 0.1) is 5.41 Å². The van der Waals surface area contributed by atoms with Gasteiger partial charge in [0, 0.05) is 31.4 Å². The molecule has 0 aliphatic carbocycles. The Labute approximate surface area is 144 Å². The largest absolute Gasteiger partial charge is 0.316 e. The van der Waals surface area contributed by atoms with Crippen LogP contribution in [0.25, 0.3) is 11.3 Å². The molecule has 4 rings (SSSR count). The Bertz CT molecular complexity index is 638. The van der Waals surface area contributed by atoms with Crippen molar-refractivity contribution in [2.45, 2.75) is 19.4 Å². The fraction of sp³-hybridized carbons (Fsp3) is 0.421. The number of aromatic nitrogens is 1. The first-order chi connectivity index (χ1) is 10.8. The molecule has 0 bridgehead atoms. The predicted octanol–water partition coefficient (Wildman–Crippen LogP) is 3.36. The summed E-state index contributed by atoms with van der Waals surface area (Å²) in [5, 5.41) is 3.54. The highest BCUT2D eigenvalue weighted by atomic mass is 35.5. The normalized spacial score (nSPS) is 24.0. The smallest absolute Gasteiger partial charge is 0.0702 e. The summed E-state index contributed by atoms with van der Waals surface area (Å²) >= 11 is 0. The Balaban J connectivity index is 0.00000156. The highest BCUT2D eigenvalue weighted by Crippen LogP contribution is 2.36. The lowest BCUT2D eigenvalue weighted by molar-refractivity contribution is 0.269. The fourth-order valence-corrected chi connectivity index (χ4v) is 3.93. The Kier molecular flexibility index (Phi) is 5.00. The Morgan fingerprint density at radius 1 is 1.13 bits per heavy atom. The third-order valence-electron chi connectivity index (χ3n) is 5.14. The van der Waals surface area contributed by atoms with E-state index in [0.717, 1.165) is 12.2 Å². The molecule has 0 amide bonds. The number of pyridine rings is 1. The zero-order valence-electron chi connectivity index (χ0n) is 13.4. The van der Waals surface area contributed by atoms with E-state index in [1.54, 1.807) is 0 Å². The van der Waals surface area contributed by atoms with Crippen LogP contribution in [0.5, 0.6) is 0 Å². The van der Waals surface area contributed by atoms with Crippen molar-refractivity contribution in [3.05, 3.63) is 54.2 Å². The Morgan fingerprint density at radius 3 is 2.87 bits per heavy atom. The molecule has 1 N–H and O–H groups in total. The van der Waals surface area contributed by atoms with Crippen LogP contribution < -0.4 is 5.32 Å². The van der Waals surface area contributed by atoms with E-state index >= 15 is 0 Å². The predicted molar refractivity (Wildman–Crippen MR) is 96.7 cm³/mol. The number of hydrogen-bond acceptors (Lipinski definition) is 3. The maximum atomic E-state index is 4.46. The molecule has 23 heavy (non-hydrogen) atoms. The van der Waals surface area contributed by atoms with Crippen LogP contribution in [-0.2, 0) is 6.54 Å². The molecule has 0 saturated carbocycles. The van der Waals surface area contributed by atoms with E-state index < -0.39 is 0 Å². The van der Waals surface area contributed by atoms with Gasteiger partial charge in [0.2, 0.25) is 0 Å². The third-order valence-corrected chi connectivity index (χ3v) is 5.14. The van der Waals surface area contributed by atoms with Gasteiger partial charge in [0.05, 0.1) is 5.69 Å². The standard InChI is InChI=1S/C19H23N3.ClH/c1-2-9-21-18(6-1)17-5-3-4-16(12-17)13-22-11-8-19(15-22)7-10-20-14-19;/h1-6,9,12,20H,7-8,10-11,13-15H2;1H. The van der Waals surface area contributed by atoms with Gasteiger partial charge in [-0.2, -0.15) is 0 Å². The molecule has 3 nitrogen and oxygen atoms in total. The van der Waals surface area contributed by atoms with Gasteiger partial charge in [-0.05, 0) is 55.1 Å². The molecule has 1 unspecified atom stereocenters. The zero-order chi connectivity index (χ0) is 14.8. The minimum atomic E-state index is 0. The molecule has 3 heterocycles. The van der Waals surface area contributed by atoms with Crippen molar-refractivity contribution in [1.82, 2.24) is 15.2 Å². The number of hydrogen-bond donors (Lipinski definition) is 1. The minimum absolute atomic E-state index is 0. The summed E-state index contributed by atoms with van der Waals surface area (Å²) in [7, 11) is 0. The molecule has 2 saturated heterocycles. The number of likely N-dealkylation sites (tertiary alicyclic amines) is 1. The lowest BCUT2D eigenvalue weighted by atomic mass is 9.86. The highest BCUT2D eigenvalue weighted by molar-refractivity contribution is 5.85. The van der Waals surface area contributed by atoms with Crippen molar-refractivity contribution < 1.29 is 0 Å². The van der Waals surface area contributed by atoms with E-state index in [1.807, 2.05) is 18.3 Å². The molecule has 0 radical (unpaired) electrons. The highest BCUT2D eigenvalue weighted by Gasteiger charge is 2.39. The molecule has 122 valence electrons. The van der Waals surface area contributed by atoms with Gasteiger partial charge in [-0.3, -0.25) is 9.88 Å². The van der Waals surface area contributed by atoms with E-state index in [1.165, 1.54) is 50.1 Å². The van der Waals surface area contributed by atoms with E-state index in [4.69, 9.17) is 0 Å². The van der Waals surface area contributed by atoms with Crippen molar-refractivity contribution in [2.75, 3.05) is 26.2 Å². The molecule has 2 aromatic rings. The monoisotopic (exact) mass is 329 g/mol. The Hall–Kier alpha value is -1.42. The van der Waals surface area contributed by atoms with Gasteiger partial charge in [-0.15, -0.1) is 12.4 Å². The molecule has 1 atom stereocenters. The molecule has 2 aliphatic heterocycles. The van der Waals surface area contributed by atoms with E-state index in [9.17, 15) is 0 Å². The number of benzene rings is 1. The zero-order valence-corrected chi connectivity index (χ0v) is 14.2. The molecule has 1 spiro atoms. The topological polar surface area (TPSA) is 28.2 Å². The van der Waals surface area contributed by atoms with Crippen LogP contribution in [-0.4, -0.2) is 36.1 Å². The van der Waals surface area contributed by atoms with Crippen LogP contribution >= 0.6 is 12.4 Å². The van der Waals surface area contributed by atoms with Gasteiger partial charge in [0.1, 0.15) is 0 Å². The molecule has 4 heteroatoms. The van der Waals surface area contributed by atoms with Gasteiger partial charge in [0.15, 0.2) is 0 Å². The lowest BCUT2D eigenvalue weighted by Gasteiger charge is -2.23. The quantitative estimate of drug-likeness (QED) is 0.936. The van der Waals surface area contributed by atoms with Gasteiger partial charge >= 0.3 is 0 Å². The number of rotatable bonds is 3. The van der Waals surface area contributed by atoms with Crippen LogP contribution in [0.2, 0.25) is 0 Å². The minimum Gasteiger partial charge on any atom is -0.316 e. The first-order valence-electron chi connectivity index (χ1n) is 8.27. The van der Waals surface area contributed by atoms with Gasteiger partial charge < -0.3 is 5.32 Å². The summed E-state index contributed by atoms with van der Waals surface area (Å²) in [6.45, 7) is 5.94. The van der Waals surface area contributed by atoms with Crippen LogP contribution in [0.4, 0.5) is 0 Å². The van der Waals surface area contributed by atoms with E-state index in [-0.39, 0.29) is 12.4 Å². The first-order valence-corrected chi connectivity index (χ1v) is 8.27. The third kappa shape index (κ3) is 3.57. The summed E-state index contributed by atoms with van der Waals surface area (Å²) < 4.78 is 0. The number of nitrogens with zero attached hydrogens (tertiary/aromatic N) is 2. The maximum absolute atomic E-state index is 4.46. The van der Waals surface area contributed by atoms with Crippen molar-refractivity contribution >= 4 is 12.4 Å². The van der Waals surface area contributed by atoms with E-state index in [2.05, 4.69) is 45.5 Å². The average Bonchev–Trinajstić information content (AvgIpc) is 3.19. The first kappa shape index (κ1) is 16.4. The summed E-state index contributed by atoms with van der Waals surface area (Å²) in [5.74, 6) is 0. The van der Waals surface area contributed by atoms with Crippen molar-refractivity contribution in [3.63, 3.8) is 0 Å². The number of halogens is 1. The van der Waals surface area contributed by atoms with E-state index in [0.29, 0.717) is 5.41 Å². The fourth-order valence-electron chi connectivity index (χ4n) is 3.93. The SMILES string of the molecule is Cl.c1ccc(-c2cccc(CN3CCC4(CCNC4)C3)c2)nc1. The molecule has 1 aromatic carbocycles. The second-order valence-electron chi connectivity index (χ2n) is 6.80. The van der Waals surface area contributed by atoms with Gasteiger partial charge in [-0.1, -0.05) is 24.3 Å². The lowest BCUT2D eigenvalue weighted by Crippen LogP contribution is -2.28. The summed E-state index contributed by atoms with van der Waals surface area (Å²) in [4.78, 5) is 7.07. The summed E-state index contributed by atoms with van der Waals surface area (Å²) in [6.07, 6.45) is 4.55. The molecule has 2 aliphatic rings. The average molecular weight is 330 g/mol. The maximum Gasteiger partial charge on any atom is 0.0702 e. The van der Waals surface area contributed by atoms with Gasteiger partial charge in [0.25, 0.3) is 0 Å². The molecule has 1 aromatic heterocycles. The van der Waals surface area contributed by atoms with Crippen molar-refractivity contribution in [1.29, 1.82) is 0 Å².